The molecule has 1 N–H and O–H groups in total. The van der Waals surface area contributed by atoms with Crippen molar-refractivity contribution < 1.29 is 9.53 Å². The number of rotatable bonds is 7. The normalized spacial score (nSPS) is 11.8. The van der Waals surface area contributed by atoms with Gasteiger partial charge in [-0.3, -0.25) is 4.79 Å². The van der Waals surface area contributed by atoms with Crippen molar-refractivity contribution in [2.75, 3.05) is 7.11 Å². The molecule has 0 bridgehead atoms. The second-order valence-electron chi connectivity index (χ2n) is 5.85. The van der Waals surface area contributed by atoms with Crippen LogP contribution in [0.15, 0.2) is 42.5 Å². The number of carbonyl (C=O) groups is 1. The molecule has 2 aromatic carbocycles. The second kappa shape index (κ2) is 8.74. The number of hydrogen-bond acceptors (Lipinski definition) is 2. The van der Waals surface area contributed by atoms with E-state index in [9.17, 15) is 4.79 Å². The van der Waals surface area contributed by atoms with Crippen LogP contribution in [0, 0.1) is 6.92 Å². The number of halogens is 1. The Morgan fingerprint density at radius 1 is 1.25 bits per heavy atom. The molecule has 0 aliphatic heterocycles. The number of nitrogens with one attached hydrogen (secondary N) is 1. The Hall–Kier alpha value is -2.00. The molecule has 2 rings (SSSR count). The molecular weight excluding hydrogens is 322 g/mol. The molecule has 3 nitrogen and oxygen atoms in total. The predicted octanol–water partition coefficient (Wildman–Crippen LogP) is 4.86. The van der Waals surface area contributed by atoms with Crippen molar-refractivity contribution in [1.29, 1.82) is 0 Å². The fourth-order valence-electron chi connectivity index (χ4n) is 2.76. The summed E-state index contributed by atoms with van der Waals surface area (Å²) >= 11 is 6.14. The summed E-state index contributed by atoms with van der Waals surface area (Å²) in [4.78, 5) is 12.3. The average molecular weight is 346 g/mol. The van der Waals surface area contributed by atoms with E-state index in [1.54, 1.807) is 7.11 Å². The van der Waals surface area contributed by atoms with Crippen LogP contribution in [0.1, 0.15) is 42.5 Å². The largest absolute Gasteiger partial charge is 0.496 e. The topological polar surface area (TPSA) is 38.3 Å². The highest BCUT2D eigenvalue weighted by Crippen LogP contribution is 2.24. The van der Waals surface area contributed by atoms with Gasteiger partial charge in [0.2, 0.25) is 5.91 Å². The summed E-state index contributed by atoms with van der Waals surface area (Å²) in [6.45, 7) is 4.08. The van der Waals surface area contributed by atoms with E-state index >= 15 is 0 Å². The molecule has 0 aliphatic carbocycles. The summed E-state index contributed by atoms with van der Waals surface area (Å²) in [6, 6.07) is 13.7. The summed E-state index contributed by atoms with van der Waals surface area (Å²) in [5, 5.41) is 3.83. The van der Waals surface area contributed by atoms with Gasteiger partial charge in [-0.2, -0.15) is 0 Å². The quantitative estimate of drug-likeness (QED) is 0.778. The van der Waals surface area contributed by atoms with Crippen molar-refractivity contribution >= 4 is 17.5 Å². The minimum Gasteiger partial charge on any atom is -0.496 e. The Balaban J connectivity index is 1.98. The van der Waals surface area contributed by atoms with Crippen molar-refractivity contribution in [2.24, 2.45) is 0 Å². The van der Waals surface area contributed by atoms with E-state index < -0.39 is 0 Å². The molecule has 0 saturated carbocycles. The van der Waals surface area contributed by atoms with E-state index in [1.165, 1.54) is 0 Å². The van der Waals surface area contributed by atoms with Gasteiger partial charge in [0.1, 0.15) is 5.75 Å². The predicted molar refractivity (Wildman–Crippen MR) is 98.7 cm³/mol. The van der Waals surface area contributed by atoms with Crippen LogP contribution in [-0.2, 0) is 11.2 Å². The highest BCUT2D eigenvalue weighted by molar-refractivity contribution is 6.31. The molecule has 0 aliphatic rings. The van der Waals surface area contributed by atoms with Crippen LogP contribution in [0.25, 0.3) is 0 Å². The lowest BCUT2D eigenvalue weighted by atomic mass is 10.0. The summed E-state index contributed by atoms with van der Waals surface area (Å²) in [5.74, 6) is 0.897. The van der Waals surface area contributed by atoms with Gasteiger partial charge in [0.05, 0.1) is 13.2 Å². The Labute approximate surface area is 149 Å². The van der Waals surface area contributed by atoms with Gasteiger partial charge in [-0.05, 0) is 48.6 Å². The van der Waals surface area contributed by atoms with Crippen molar-refractivity contribution in [2.45, 2.75) is 39.2 Å². The lowest BCUT2D eigenvalue weighted by molar-refractivity contribution is -0.121. The third-order valence-corrected chi connectivity index (χ3v) is 4.51. The first kappa shape index (κ1) is 18.3. The Kier molecular flexibility index (Phi) is 6.68. The van der Waals surface area contributed by atoms with Crippen LogP contribution in [0.3, 0.4) is 0 Å². The summed E-state index contributed by atoms with van der Waals surface area (Å²) in [7, 11) is 1.66. The molecule has 2 aromatic rings. The van der Waals surface area contributed by atoms with Gasteiger partial charge in [0, 0.05) is 11.4 Å². The van der Waals surface area contributed by atoms with Crippen molar-refractivity contribution in [3.8, 4) is 5.75 Å². The van der Waals surface area contributed by atoms with Gasteiger partial charge in [0.15, 0.2) is 0 Å². The van der Waals surface area contributed by atoms with E-state index in [4.69, 9.17) is 16.3 Å². The highest BCUT2D eigenvalue weighted by Gasteiger charge is 2.14. The van der Waals surface area contributed by atoms with Gasteiger partial charge in [-0.15, -0.1) is 0 Å². The minimum absolute atomic E-state index is 0.00773. The average Bonchev–Trinajstić information content (AvgIpc) is 2.59. The maximum atomic E-state index is 12.3. The molecular formula is C20H24ClNO2. The first-order valence-corrected chi connectivity index (χ1v) is 8.60. The first-order valence-electron chi connectivity index (χ1n) is 8.22. The molecule has 0 heterocycles. The molecule has 0 aromatic heterocycles. The zero-order valence-electron chi connectivity index (χ0n) is 14.4. The summed E-state index contributed by atoms with van der Waals surface area (Å²) in [6.07, 6.45) is 1.91. The molecule has 1 atom stereocenters. The molecule has 0 spiro atoms. The van der Waals surface area contributed by atoms with E-state index in [-0.39, 0.29) is 11.9 Å². The Morgan fingerprint density at radius 2 is 2.00 bits per heavy atom. The van der Waals surface area contributed by atoms with Gasteiger partial charge in [0.25, 0.3) is 0 Å². The van der Waals surface area contributed by atoms with Gasteiger partial charge < -0.3 is 10.1 Å². The van der Waals surface area contributed by atoms with Gasteiger partial charge >= 0.3 is 0 Å². The highest BCUT2D eigenvalue weighted by atomic mass is 35.5. The molecule has 0 unspecified atom stereocenters. The second-order valence-corrected chi connectivity index (χ2v) is 6.26. The molecule has 24 heavy (non-hydrogen) atoms. The zero-order valence-corrected chi connectivity index (χ0v) is 15.2. The van der Waals surface area contributed by atoms with Crippen molar-refractivity contribution in [3.05, 3.63) is 64.2 Å². The number of benzene rings is 2. The number of carbonyl (C=O) groups excluding carboxylic acids is 1. The molecule has 0 fully saturated rings. The van der Waals surface area contributed by atoms with E-state index in [1.807, 2.05) is 43.3 Å². The smallest absolute Gasteiger partial charge is 0.220 e. The Bertz CT molecular complexity index is 700. The van der Waals surface area contributed by atoms with Crippen LogP contribution in [-0.4, -0.2) is 13.0 Å². The fraction of sp³-hybridized carbons (Fsp3) is 0.350. The SMILES string of the molecule is CC[C@@H](NC(=O)CCc1ccccc1Cl)c1ccc(OC)c(C)c1. The summed E-state index contributed by atoms with van der Waals surface area (Å²) < 4.78 is 5.29. The number of hydrogen-bond donors (Lipinski definition) is 1. The van der Waals surface area contributed by atoms with Crippen LogP contribution < -0.4 is 10.1 Å². The van der Waals surface area contributed by atoms with Crippen LogP contribution >= 0.6 is 11.6 Å². The van der Waals surface area contributed by atoms with E-state index in [0.29, 0.717) is 17.9 Å². The summed E-state index contributed by atoms with van der Waals surface area (Å²) in [5.41, 5.74) is 3.17. The molecule has 1 amide bonds. The molecule has 0 radical (unpaired) electrons. The number of amides is 1. The maximum Gasteiger partial charge on any atom is 0.220 e. The minimum atomic E-state index is 0.00773. The number of aryl methyl sites for hydroxylation is 2. The monoisotopic (exact) mass is 345 g/mol. The lowest BCUT2D eigenvalue weighted by Crippen LogP contribution is -2.28. The molecule has 0 saturated heterocycles. The maximum absolute atomic E-state index is 12.3. The third kappa shape index (κ3) is 4.75. The zero-order chi connectivity index (χ0) is 17.5. The van der Waals surface area contributed by atoms with Gasteiger partial charge in [-0.1, -0.05) is 48.9 Å². The Morgan fingerprint density at radius 3 is 2.62 bits per heavy atom. The fourth-order valence-corrected chi connectivity index (χ4v) is 2.99. The number of methoxy groups -OCH3 is 1. The molecule has 128 valence electrons. The van der Waals surface area contributed by atoms with E-state index in [2.05, 4.69) is 18.3 Å². The third-order valence-electron chi connectivity index (χ3n) is 4.14. The lowest BCUT2D eigenvalue weighted by Gasteiger charge is -2.19. The standard InChI is InChI=1S/C20H24ClNO2/c1-4-18(16-9-11-19(24-3)14(2)13-16)22-20(23)12-10-15-7-5-6-8-17(15)21/h5-9,11,13,18H,4,10,12H2,1-3H3,(H,22,23)/t18-/m1/s1. The number of ether oxygens (including phenoxy) is 1. The van der Waals surface area contributed by atoms with Crippen LogP contribution in [0.4, 0.5) is 0 Å². The first-order chi connectivity index (χ1) is 11.5. The molecule has 4 heteroatoms. The van der Waals surface area contributed by atoms with Crippen LogP contribution in [0.5, 0.6) is 5.75 Å². The van der Waals surface area contributed by atoms with Crippen molar-refractivity contribution in [3.63, 3.8) is 0 Å². The van der Waals surface area contributed by atoms with Crippen LogP contribution in [0.2, 0.25) is 5.02 Å². The van der Waals surface area contributed by atoms with Crippen molar-refractivity contribution in [1.82, 2.24) is 5.32 Å². The van der Waals surface area contributed by atoms with Gasteiger partial charge in [-0.25, -0.2) is 0 Å². The van der Waals surface area contributed by atoms with E-state index in [0.717, 1.165) is 28.9 Å².